The van der Waals surface area contributed by atoms with E-state index in [4.69, 9.17) is 4.74 Å². The van der Waals surface area contributed by atoms with Crippen LogP contribution < -0.4 is 5.32 Å². The highest BCUT2D eigenvalue weighted by atomic mass is 32.1. The second kappa shape index (κ2) is 7.30. The summed E-state index contributed by atoms with van der Waals surface area (Å²) >= 11 is 1.47. The van der Waals surface area contributed by atoms with E-state index in [9.17, 15) is 9.59 Å². The van der Waals surface area contributed by atoms with Gasteiger partial charge in [-0.1, -0.05) is 19.8 Å². The second-order valence-corrected chi connectivity index (χ2v) is 7.35. The first-order chi connectivity index (χ1) is 11.5. The van der Waals surface area contributed by atoms with Gasteiger partial charge >= 0.3 is 5.97 Å². The molecule has 3 atom stereocenters. The molecule has 1 aromatic heterocycles. The van der Waals surface area contributed by atoms with Crippen molar-refractivity contribution in [2.75, 3.05) is 0 Å². The van der Waals surface area contributed by atoms with Gasteiger partial charge < -0.3 is 10.1 Å². The molecule has 1 aromatic carbocycles. The molecule has 1 saturated carbocycles. The van der Waals surface area contributed by atoms with Gasteiger partial charge in [0.1, 0.15) is 0 Å². The van der Waals surface area contributed by atoms with E-state index in [1.807, 2.05) is 0 Å². The lowest BCUT2D eigenvalue weighted by molar-refractivity contribution is -0.130. The molecule has 0 aliphatic heterocycles. The van der Waals surface area contributed by atoms with Crippen molar-refractivity contribution in [3.63, 3.8) is 0 Å². The molecule has 1 amide bonds. The average Bonchev–Trinajstić information content (AvgIpc) is 3.04. The predicted octanol–water partition coefficient (Wildman–Crippen LogP) is 3.54. The number of rotatable bonds is 4. The van der Waals surface area contributed by atoms with Crippen LogP contribution in [-0.4, -0.2) is 29.0 Å². The van der Waals surface area contributed by atoms with Crippen molar-refractivity contribution in [3.8, 4) is 0 Å². The Morgan fingerprint density at radius 1 is 1.33 bits per heavy atom. The number of thiazole rings is 1. The molecule has 6 heteroatoms. The minimum atomic E-state index is -0.802. The fraction of sp³-hybridized carbons (Fsp3) is 0.500. The van der Waals surface area contributed by atoms with E-state index in [2.05, 4.69) is 17.2 Å². The van der Waals surface area contributed by atoms with Crippen LogP contribution in [-0.2, 0) is 9.53 Å². The molecule has 1 heterocycles. The third kappa shape index (κ3) is 3.75. The molecule has 1 N–H and O–H groups in total. The highest BCUT2D eigenvalue weighted by Gasteiger charge is 2.26. The zero-order valence-electron chi connectivity index (χ0n) is 14.0. The maximum absolute atomic E-state index is 12.3. The molecule has 0 spiro atoms. The number of amides is 1. The summed E-state index contributed by atoms with van der Waals surface area (Å²) in [6.45, 7) is 3.77. The second-order valence-electron chi connectivity index (χ2n) is 6.46. The molecule has 0 unspecified atom stereocenters. The van der Waals surface area contributed by atoms with Crippen LogP contribution in [0.3, 0.4) is 0 Å². The molecule has 2 aromatic rings. The van der Waals surface area contributed by atoms with Crippen LogP contribution in [0, 0.1) is 5.92 Å². The molecular weight excluding hydrogens is 324 g/mol. The number of hydrogen-bond donors (Lipinski definition) is 1. The quantitative estimate of drug-likeness (QED) is 0.860. The van der Waals surface area contributed by atoms with E-state index in [1.54, 1.807) is 30.6 Å². The Morgan fingerprint density at radius 3 is 2.92 bits per heavy atom. The lowest BCUT2D eigenvalue weighted by Crippen LogP contribution is -2.45. The molecule has 5 nitrogen and oxygen atoms in total. The van der Waals surface area contributed by atoms with Gasteiger partial charge in [0.05, 0.1) is 21.3 Å². The van der Waals surface area contributed by atoms with E-state index < -0.39 is 12.1 Å². The Morgan fingerprint density at radius 2 is 2.12 bits per heavy atom. The Bertz CT molecular complexity index is 743. The molecule has 24 heavy (non-hydrogen) atoms. The topological polar surface area (TPSA) is 68.3 Å². The predicted molar refractivity (Wildman–Crippen MR) is 94.1 cm³/mol. The molecule has 3 rings (SSSR count). The summed E-state index contributed by atoms with van der Waals surface area (Å²) < 4.78 is 6.26. The van der Waals surface area contributed by atoms with Crippen LogP contribution in [0.5, 0.6) is 0 Å². The smallest absolute Gasteiger partial charge is 0.338 e. The SMILES string of the molecule is C[C@H](OC(=O)c1ccc2ncsc2c1)C(=O)N[C@@H]1CCCC[C@@H]1C. The van der Waals surface area contributed by atoms with Gasteiger partial charge in [-0.25, -0.2) is 9.78 Å². The maximum atomic E-state index is 12.3. The van der Waals surface area contributed by atoms with E-state index in [1.165, 1.54) is 17.8 Å². The molecular formula is C18H22N2O3S. The van der Waals surface area contributed by atoms with Crippen molar-refractivity contribution in [2.45, 2.75) is 51.7 Å². The number of carbonyl (C=O) groups excluding carboxylic acids is 2. The summed E-state index contributed by atoms with van der Waals surface area (Å²) in [6, 6.07) is 5.40. The molecule has 1 fully saturated rings. The highest BCUT2D eigenvalue weighted by molar-refractivity contribution is 7.16. The van der Waals surface area contributed by atoms with Gasteiger partial charge in [0.15, 0.2) is 6.10 Å². The first-order valence-electron chi connectivity index (χ1n) is 8.39. The average molecular weight is 346 g/mol. The van der Waals surface area contributed by atoms with Crippen LogP contribution in [0.1, 0.15) is 49.9 Å². The zero-order chi connectivity index (χ0) is 17.1. The maximum Gasteiger partial charge on any atom is 0.338 e. The van der Waals surface area contributed by atoms with E-state index >= 15 is 0 Å². The fourth-order valence-electron chi connectivity index (χ4n) is 3.09. The van der Waals surface area contributed by atoms with E-state index in [0.717, 1.165) is 29.5 Å². The Labute approximate surface area is 145 Å². The van der Waals surface area contributed by atoms with E-state index in [0.29, 0.717) is 11.5 Å². The number of nitrogens with zero attached hydrogens (tertiary/aromatic N) is 1. The lowest BCUT2D eigenvalue weighted by Gasteiger charge is -2.30. The first kappa shape index (κ1) is 16.9. The van der Waals surface area contributed by atoms with E-state index in [-0.39, 0.29) is 11.9 Å². The number of aromatic nitrogens is 1. The van der Waals surface area contributed by atoms with Crippen molar-refractivity contribution < 1.29 is 14.3 Å². The van der Waals surface area contributed by atoms with Gasteiger partial charge in [0.2, 0.25) is 0 Å². The summed E-state index contributed by atoms with van der Waals surface area (Å²) in [5.41, 5.74) is 3.03. The van der Waals surface area contributed by atoms with Crippen molar-refractivity contribution in [1.29, 1.82) is 0 Å². The number of esters is 1. The molecule has 0 radical (unpaired) electrons. The van der Waals surface area contributed by atoms with Crippen molar-refractivity contribution >= 4 is 33.4 Å². The van der Waals surface area contributed by atoms with Gasteiger partial charge in [0.25, 0.3) is 5.91 Å². The van der Waals surface area contributed by atoms with Gasteiger partial charge in [-0.3, -0.25) is 4.79 Å². The number of fused-ring (bicyclic) bond motifs is 1. The van der Waals surface area contributed by atoms with Crippen LogP contribution in [0.25, 0.3) is 10.2 Å². The number of nitrogens with one attached hydrogen (secondary N) is 1. The zero-order valence-corrected chi connectivity index (χ0v) is 14.8. The van der Waals surface area contributed by atoms with Gasteiger partial charge in [0, 0.05) is 6.04 Å². The van der Waals surface area contributed by atoms with Gasteiger partial charge in [-0.2, -0.15) is 0 Å². The van der Waals surface area contributed by atoms with Crippen molar-refractivity contribution in [3.05, 3.63) is 29.3 Å². The number of hydrogen-bond acceptors (Lipinski definition) is 5. The van der Waals surface area contributed by atoms with Crippen LogP contribution in [0.15, 0.2) is 23.7 Å². The Balaban J connectivity index is 1.59. The van der Waals surface area contributed by atoms with Crippen molar-refractivity contribution in [1.82, 2.24) is 10.3 Å². The Hall–Kier alpha value is -1.95. The number of benzene rings is 1. The summed E-state index contributed by atoms with van der Waals surface area (Å²) in [5, 5.41) is 3.03. The molecule has 0 bridgehead atoms. The molecule has 0 saturated heterocycles. The normalized spacial score (nSPS) is 22.1. The third-order valence-corrected chi connectivity index (χ3v) is 5.45. The van der Waals surface area contributed by atoms with Crippen molar-refractivity contribution in [2.24, 2.45) is 5.92 Å². The largest absolute Gasteiger partial charge is 0.449 e. The summed E-state index contributed by atoms with van der Waals surface area (Å²) in [6.07, 6.45) is 3.68. The number of carbonyl (C=O) groups is 2. The molecule has 1 aliphatic carbocycles. The number of ether oxygens (including phenoxy) is 1. The monoisotopic (exact) mass is 346 g/mol. The third-order valence-electron chi connectivity index (χ3n) is 4.66. The molecule has 128 valence electrons. The van der Waals surface area contributed by atoms with Crippen LogP contribution >= 0.6 is 11.3 Å². The van der Waals surface area contributed by atoms with Crippen LogP contribution in [0.2, 0.25) is 0 Å². The minimum absolute atomic E-state index is 0.181. The fourth-order valence-corrected chi connectivity index (χ4v) is 3.81. The van der Waals surface area contributed by atoms with Gasteiger partial charge in [-0.15, -0.1) is 11.3 Å². The summed E-state index contributed by atoms with van der Waals surface area (Å²) in [7, 11) is 0. The van der Waals surface area contributed by atoms with Crippen LogP contribution in [0.4, 0.5) is 0 Å². The summed E-state index contributed by atoms with van der Waals surface area (Å²) in [5.74, 6) is -0.232. The minimum Gasteiger partial charge on any atom is -0.449 e. The molecule has 1 aliphatic rings. The standard InChI is InChI=1S/C18H22N2O3S/c1-11-5-3-4-6-14(11)20-17(21)12(2)23-18(22)13-7-8-15-16(9-13)24-10-19-15/h7-12,14H,3-6H2,1-2H3,(H,20,21)/t11-,12-,14+/m0/s1. The Kier molecular flexibility index (Phi) is 5.14. The highest BCUT2D eigenvalue weighted by Crippen LogP contribution is 2.24. The first-order valence-corrected chi connectivity index (χ1v) is 9.27. The lowest BCUT2D eigenvalue weighted by atomic mass is 9.86. The van der Waals surface area contributed by atoms with Gasteiger partial charge in [-0.05, 0) is 43.9 Å². The summed E-state index contributed by atoms with van der Waals surface area (Å²) in [4.78, 5) is 28.7.